The lowest BCUT2D eigenvalue weighted by atomic mass is 10.0. The number of hydrogen-bond acceptors (Lipinski definition) is 2. The Morgan fingerprint density at radius 3 is 2.88 bits per heavy atom. The third-order valence-electron chi connectivity index (χ3n) is 2.37. The van der Waals surface area contributed by atoms with Crippen LogP contribution >= 0.6 is 0 Å². The molecule has 0 unspecified atom stereocenters. The lowest BCUT2D eigenvalue weighted by Crippen LogP contribution is -2.00. The van der Waals surface area contributed by atoms with Crippen LogP contribution in [-0.2, 0) is 11.2 Å². The minimum absolute atomic E-state index is 0.0689. The first kappa shape index (κ1) is 11.3. The third-order valence-corrected chi connectivity index (χ3v) is 2.37. The molecule has 0 saturated heterocycles. The summed E-state index contributed by atoms with van der Waals surface area (Å²) in [6.07, 6.45) is 2.57. The SMILES string of the molecule is O=C(O)Cc1cccc(-c2ccncc2F)c1. The van der Waals surface area contributed by atoms with E-state index in [1.165, 1.54) is 6.20 Å². The van der Waals surface area contributed by atoms with Crippen molar-refractivity contribution in [2.75, 3.05) is 0 Å². The predicted octanol–water partition coefficient (Wildman–Crippen LogP) is 2.51. The fraction of sp³-hybridized carbons (Fsp3) is 0.0769. The van der Waals surface area contributed by atoms with Gasteiger partial charge in [0.1, 0.15) is 5.82 Å². The summed E-state index contributed by atoms with van der Waals surface area (Å²) in [6, 6.07) is 8.40. The summed E-state index contributed by atoms with van der Waals surface area (Å²) in [6.45, 7) is 0. The zero-order chi connectivity index (χ0) is 12.3. The molecule has 0 atom stereocenters. The fourth-order valence-electron chi connectivity index (χ4n) is 1.63. The van der Waals surface area contributed by atoms with Gasteiger partial charge < -0.3 is 5.11 Å². The van der Waals surface area contributed by atoms with Crippen molar-refractivity contribution in [2.45, 2.75) is 6.42 Å². The van der Waals surface area contributed by atoms with Crippen LogP contribution in [0.3, 0.4) is 0 Å². The monoisotopic (exact) mass is 231 g/mol. The highest BCUT2D eigenvalue weighted by Gasteiger charge is 2.06. The Labute approximate surface area is 97.6 Å². The first-order valence-corrected chi connectivity index (χ1v) is 5.07. The molecule has 86 valence electrons. The van der Waals surface area contributed by atoms with E-state index in [1.807, 2.05) is 0 Å². The summed E-state index contributed by atoms with van der Waals surface area (Å²) in [5, 5.41) is 8.70. The number of aliphatic carboxylic acids is 1. The molecule has 0 bridgehead atoms. The molecule has 0 aliphatic carbocycles. The van der Waals surface area contributed by atoms with Gasteiger partial charge in [-0.25, -0.2) is 4.39 Å². The van der Waals surface area contributed by atoms with Gasteiger partial charge in [-0.3, -0.25) is 9.78 Å². The van der Waals surface area contributed by atoms with Crippen LogP contribution in [-0.4, -0.2) is 16.1 Å². The van der Waals surface area contributed by atoms with Crippen LogP contribution in [0.25, 0.3) is 11.1 Å². The average Bonchev–Trinajstić information content (AvgIpc) is 2.29. The summed E-state index contributed by atoms with van der Waals surface area (Å²) >= 11 is 0. The van der Waals surface area contributed by atoms with Gasteiger partial charge in [-0.2, -0.15) is 0 Å². The second-order valence-electron chi connectivity index (χ2n) is 3.63. The maximum Gasteiger partial charge on any atom is 0.307 e. The summed E-state index contributed by atoms with van der Waals surface area (Å²) in [5.41, 5.74) is 1.72. The van der Waals surface area contributed by atoms with Crippen molar-refractivity contribution in [1.82, 2.24) is 4.98 Å². The van der Waals surface area contributed by atoms with Gasteiger partial charge in [0.2, 0.25) is 0 Å². The molecule has 1 aromatic heterocycles. The number of carbonyl (C=O) groups is 1. The largest absolute Gasteiger partial charge is 0.481 e. The van der Waals surface area contributed by atoms with Crippen LogP contribution in [0.5, 0.6) is 0 Å². The van der Waals surface area contributed by atoms with E-state index >= 15 is 0 Å². The Kier molecular flexibility index (Phi) is 3.14. The van der Waals surface area contributed by atoms with Gasteiger partial charge in [0.05, 0.1) is 12.6 Å². The van der Waals surface area contributed by atoms with E-state index in [4.69, 9.17) is 5.11 Å². The number of carboxylic acids is 1. The first-order valence-electron chi connectivity index (χ1n) is 5.07. The van der Waals surface area contributed by atoms with Crippen LogP contribution in [0, 0.1) is 5.82 Å². The highest BCUT2D eigenvalue weighted by molar-refractivity contribution is 5.72. The van der Waals surface area contributed by atoms with Crippen LogP contribution in [0.1, 0.15) is 5.56 Å². The number of pyridine rings is 1. The minimum atomic E-state index is -0.905. The van der Waals surface area contributed by atoms with E-state index in [2.05, 4.69) is 4.98 Å². The molecular weight excluding hydrogens is 221 g/mol. The van der Waals surface area contributed by atoms with Crippen molar-refractivity contribution in [3.63, 3.8) is 0 Å². The van der Waals surface area contributed by atoms with E-state index in [1.54, 1.807) is 30.3 Å². The number of aromatic nitrogens is 1. The predicted molar refractivity (Wildman–Crippen MR) is 61.0 cm³/mol. The molecule has 0 aliphatic rings. The van der Waals surface area contributed by atoms with Gasteiger partial charge in [-0.05, 0) is 17.2 Å². The molecule has 17 heavy (non-hydrogen) atoms. The van der Waals surface area contributed by atoms with E-state index < -0.39 is 11.8 Å². The van der Waals surface area contributed by atoms with Crippen molar-refractivity contribution < 1.29 is 14.3 Å². The van der Waals surface area contributed by atoms with E-state index in [0.717, 1.165) is 6.20 Å². The maximum atomic E-state index is 13.5. The summed E-state index contributed by atoms with van der Waals surface area (Å²) < 4.78 is 13.5. The topological polar surface area (TPSA) is 50.2 Å². The molecule has 0 radical (unpaired) electrons. The number of rotatable bonds is 3. The highest BCUT2D eigenvalue weighted by Crippen LogP contribution is 2.22. The number of benzene rings is 1. The van der Waals surface area contributed by atoms with Gasteiger partial charge in [0.15, 0.2) is 0 Å². The number of hydrogen-bond donors (Lipinski definition) is 1. The van der Waals surface area contributed by atoms with Gasteiger partial charge in [0.25, 0.3) is 0 Å². The molecule has 2 aromatic rings. The van der Waals surface area contributed by atoms with Crippen LogP contribution in [0.4, 0.5) is 4.39 Å². The van der Waals surface area contributed by atoms with Gasteiger partial charge in [0, 0.05) is 11.8 Å². The van der Waals surface area contributed by atoms with Crippen LogP contribution in [0.15, 0.2) is 42.7 Å². The summed E-state index contributed by atoms with van der Waals surface area (Å²) in [4.78, 5) is 14.3. The number of carboxylic acid groups (broad SMARTS) is 1. The molecule has 0 saturated carbocycles. The number of nitrogens with zero attached hydrogens (tertiary/aromatic N) is 1. The normalized spacial score (nSPS) is 10.2. The Morgan fingerprint density at radius 1 is 1.35 bits per heavy atom. The molecule has 3 nitrogen and oxygen atoms in total. The third kappa shape index (κ3) is 2.66. The quantitative estimate of drug-likeness (QED) is 0.883. The first-order chi connectivity index (χ1) is 8.16. The highest BCUT2D eigenvalue weighted by atomic mass is 19.1. The Morgan fingerprint density at radius 2 is 2.18 bits per heavy atom. The second-order valence-corrected chi connectivity index (χ2v) is 3.63. The smallest absolute Gasteiger partial charge is 0.307 e. The van der Waals surface area contributed by atoms with Crippen LogP contribution < -0.4 is 0 Å². The zero-order valence-corrected chi connectivity index (χ0v) is 8.93. The van der Waals surface area contributed by atoms with Crippen LogP contribution in [0.2, 0.25) is 0 Å². The molecule has 4 heteroatoms. The van der Waals surface area contributed by atoms with Gasteiger partial charge >= 0.3 is 5.97 Å². The molecule has 0 amide bonds. The molecule has 2 rings (SSSR count). The van der Waals surface area contributed by atoms with Crippen molar-refractivity contribution in [1.29, 1.82) is 0 Å². The van der Waals surface area contributed by atoms with Crippen molar-refractivity contribution in [3.05, 3.63) is 54.1 Å². The summed E-state index contributed by atoms with van der Waals surface area (Å²) in [5.74, 6) is -1.32. The zero-order valence-electron chi connectivity index (χ0n) is 8.93. The van der Waals surface area contributed by atoms with Gasteiger partial charge in [-0.1, -0.05) is 24.3 Å². The van der Waals surface area contributed by atoms with E-state index in [0.29, 0.717) is 16.7 Å². The van der Waals surface area contributed by atoms with Crippen molar-refractivity contribution in [3.8, 4) is 11.1 Å². The molecule has 1 heterocycles. The van der Waals surface area contributed by atoms with Gasteiger partial charge in [-0.15, -0.1) is 0 Å². The molecule has 0 spiro atoms. The van der Waals surface area contributed by atoms with Crippen molar-refractivity contribution in [2.24, 2.45) is 0 Å². The number of halogens is 1. The molecule has 0 aliphatic heterocycles. The van der Waals surface area contributed by atoms with Crippen molar-refractivity contribution >= 4 is 5.97 Å². The molecular formula is C13H10FNO2. The second kappa shape index (κ2) is 4.74. The molecule has 0 fully saturated rings. The Bertz CT molecular complexity index is 555. The lowest BCUT2D eigenvalue weighted by molar-refractivity contribution is -0.136. The molecule has 1 N–H and O–H groups in total. The lowest BCUT2D eigenvalue weighted by Gasteiger charge is -2.04. The Hall–Kier alpha value is -2.23. The maximum absolute atomic E-state index is 13.5. The van der Waals surface area contributed by atoms with E-state index in [9.17, 15) is 9.18 Å². The fourth-order valence-corrected chi connectivity index (χ4v) is 1.63. The summed E-state index contributed by atoms with van der Waals surface area (Å²) in [7, 11) is 0. The standard InChI is InChI=1S/C13H10FNO2/c14-12-8-15-5-4-11(12)10-3-1-2-9(6-10)7-13(16)17/h1-6,8H,7H2,(H,16,17). The Balaban J connectivity index is 2.40. The minimum Gasteiger partial charge on any atom is -0.481 e. The average molecular weight is 231 g/mol. The molecule has 1 aromatic carbocycles. The van der Waals surface area contributed by atoms with E-state index in [-0.39, 0.29) is 6.42 Å².